The number of aromatic nitrogens is 1. The number of rotatable bonds is 4. The Morgan fingerprint density at radius 1 is 1.22 bits per heavy atom. The quantitative estimate of drug-likeness (QED) is 0.897. The van der Waals surface area contributed by atoms with Crippen molar-refractivity contribution in [2.45, 2.75) is 19.8 Å². The molecule has 0 aliphatic carbocycles. The van der Waals surface area contributed by atoms with Gasteiger partial charge < -0.3 is 10.6 Å². The van der Waals surface area contributed by atoms with Gasteiger partial charge in [0.2, 0.25) is 0 Å². The summed E-state index contributed by atoms with van der Waals surface area (Å²) in [6, 6.07) is 8.66. The van der Waals surface area contributed by atoms with Crippen LogP contribution in [0, 0.1) is 6.92 Å². The number of hydrogen-bond acceptors (Lipinski definition) is 3. The lowest BCUT2D eigenvalue weighted by Gasteiger charge is -2.16. The molecular formula is C15H21N3. The molecule has 1 aromatic carbocycles. The van der Waals surface area contributed by atoms with Gasteiger partial charge in [-0.15, -0.1) is 0 Å². The number of hydrogen-bond donors (Lipinski definition) is 1. The van der Waals surface area contributed by atoms with E-state index < -0.39 is 0 Å². The predicted octanol–water partition coefficient (Wildman–Crippen LogP) is 2.50. The lowest BCUT2D eigenvalue weighted by molar-refractivity contribution is 0.833. The molecule has 0 aliphatic heterocycles. The van der Waals surface area contributed by atoms with E-state index in [4.69, 9.17) is 5.73 Å². The third kappa shape index (κ3) is 2.62. The van der Waals surface area contributed by atoms with Gasteiger partial charge in [-0.1, -0.05) is 12.1 Å². The average molecular weight is 243 g/mol. The Morgan fingerprint density at radius 2 is 2.00 bits per heavy atom. The van der Waals surface area contributed by atoms with Crippen LogP contribution in [-0.2, 0) is 6.42 Å². The van der Waals surface area contributed by atoms with Crippen LogP contribution in [0.3, 0.4) is 0 Å². The molecule has 0 saturated carbocycles. The zero-order valence-corrected chi connectivity index (χ0v) is 11.4. The molecule has 0 saturated heterocycles. The SMILES string of the molecule is Cc1cc(N(C)C)c2ccc(CCCN)cc2n1. The molecule has 96 valence electrons. The molecule has 0 spiro atoms. The van der Waals surface area contributed by atoms with Crippen LogP contribution in [0.15, 0.2) is 24.3 Å². The van der Waals surface area contributed by atoms with Gasteiger partial charge in [0.15, 0.2) is 0 Å². The third-order valence-corrected chi connectivity index (χ3v) is 3.13. The zero-order valence-electron chi connectivity index (χ0n) is 11.4. The van der Waals surface area contributed by atoms with E-state index >= 15 is 0 Å². The van der Waals surface area contributed by atoms with Gasteiger partial charge in [0.1, 0.15) is 0 Å². The van der Waals surface area contributed by atoms with E-state index in [0.29, 0.717) is 0 Å². The van der Waals surface area contributed by atoms with E-state index in [-0.39, 0.29) is 0 Å². The molecule has 0 fully saturated rings. The summed E-state index contributed by atoms with van der Waals surface area (Å²) >= 11 is 0. The molecule has 0 amide bonds. The normalized spacial score (nSPS) is 10.9. The van der Waals surface area contributed by atoms with Crippen molar-refractivity contribution in [3.8, 4) is 0 Å². The van der Waals surface area contributed by atoms with Crippen LogP contribution in [-0.4, -0.2) is 25.6 Å². The molecule has 2 rings (SSSR count). The summed E-state index contributed by atoms with van der Waals surface area (Å²) in [6.45, 7) is 2.78. The fraction of sp³-hybridized carbons (Fsp3) is 0.400. The molecule has 3 nitrogen and oxygen atoms in total. The summed E-state index contributed by atoms with van der Waals surface area (Å²) in [5, 5.41) is 1.21. The van der Waals surface area contributed by atoms with Crippen LogP contribution in [0.25, 0.3) is 10.9 Å². The minimum atomic E-state index is 0.738. The van der Waals surface area contributed by atoms with Gasteiger partial charge >= 0.3 is 0 Å². The third-order valence-electron chi connectivity index (χ3n) is 3.13. The van der Waals surface area contributed by atoms with E-state index in [2.05, 4.69) is 48.2 Å². The maximum Gasteiger partial charge on any atom is 0.0728 e. The van der Waals surface area contributed by atoms with Crippen molar-refractivity contribution in [1.82, 2.24) is 4.98 Å². The molecule has 0 unspecified atom stereocenters. The summed E-state index contributed by atoms with van der Waals surface area (Å²) in [6.07, 6.45) is 2.05. The first-order valence-corrected chi connectivity index (χ1v) is 6.39. The Bertz CT molecular complexity index is 547. The number of fused-ring (bicyclic) bond motifs is 1. The summed E-state index contributed by atoms with van der Waals surface area (Å²) in [5.74, 6) is 0. The van der Waals surface area contributed by atoms with E-state index in [1.165, 1.54) is 16.6 Å². The lowest BCUT2D eigenvalue weighted by atomic mass is 10.1. The first-order chi connectivity index (χ1) is 8.61. The van der Waals surface area contributed by atoms with Crippen molar-refractivity contribution in [1.29, 1.82) is 0 Å². The van der Waals surface area contributed by atoms with Crippen molar-refractivity contribution < 1.29 is 0 Å². The number of nitrogens with two attached hydrogens (primary N) is 1. The number of benzene rings is 1. The van der Waals surface area contributed by atoms with Gasteiger partial charge in [-0.3, -0.25) is 4.98 Å². The molecule has 0 atom stereocenters. The second-order valence-electron chi connectivity index (χ2n) is 4.92. The highest BCUT2D eigenvalue weighted by molar-refractivity contribution is 5.92. The fourth-order valence-corrected chi connectivity index (χ4v) is 2.22. The van der Waals surface area contributed by atoms with Crippen LogP contribution in [0.1, 0.15) is 17.7 Å². The van der Waals surface area contributed by atoms with Crippen molar-refractivity contribution in [2.24, 2.45) is 5.73 Å². The van der Waals surface area contributed by atoms with Gasteiger partial charge in [-0.25, -0.2) is 0 Å². The monoisotopic (exact) mass is 243 g/mol. The fourth-order valence-electron chi connectivity index (χ4n) is 2.22. The standard InChI is InChI=1S/C15H21N3/c1-11-9-15(18(2)3)13-7-6-12(5-4-8-16)10-14(13)17-11/h6-7,9-10H,4-5,8,16H2,1-3H3. The topological polar surface area (TPSA) is 42.1 Å². The van der Waals surface area contributed by atoms with Crippen molar-refractivity contribution >= 4 is 16.6 Å². The van der Waals surface area contributed by atoms with E-state index in [9.17, 15) is 0 Å². The van der Waals surface area contributed by atoms with Crippen molar-refractivity contribution in [3.63, 3.8) is 0 Å². The van der Waals surface area contributed by atoms with Gasteiger partial charge in [0.25, 0.3) is 0 Å². The molecule has 0 radical (unpaired) electrons. The van der Waals surface area contributed by atoms with Crippen LogP contribution < -0.4 is 10.6 Å². The molecular weight excluding hydrogens is 222 g/mol. The number of pyridine rings is 1. The highest BCUT2D eigenvalue weighted by Gasteiger charge is 2.06. The number of nitrogens with zero attached hydrogens (tertiary/aromatic N) is 2. The number of aryl methyl sites for hydroxylation is 2. The zero-order chi connectivity index (χ0) is 13.1. The molecule has 2 aromatic rings. The van der Waals surface area contributed by atoms with E-state index in [1.54, 1.807) is 0 Å². The van der Waals surface area contributed by atoms with Crippen LogP contribution >= 0.6 is 0 Å². The van der Waals surface area contributed by atoms with Gasteiger partial charge in [0, 0.05) is 30.9 Å². The first-order valence-electron chi connectivity index (χ1n) is 6.39. The summed E-state index contributed by atoms with van der Waals surface area (Å²) in [4.78, 5) is 6.77. The van der Waals surface area contributed by atoms with E-state index in [1.807, 2.05) is 6.92 Å². The van der Waals surface area contributed by atoms with Gasteiger partial charge in [-0.2, -0.15) is 0 Å². The van der Waals surface area contributed by atoms with Gasteiger partial charge in [0.05, 0.1) is 5.52 Å². The van der Waals surface area contributed by atoms with Crippen molar-refractivity contribution in [2.75, 3.05) is 25.5 Å². The van der Waals surface area contributed by atoms with Crippen molar-refractivity contribution in [3.05, 3.63) is 35.5 Å². The van der Waals surface area contributed by atoms with E-state index in [0.717, 1.165) is 30.6 Å². The maximum atomic E-state index is 5.55. The summed E-state index contributed by atoms with van der Waals surface area (Å²) in [7, 11) is 4.13. The molecule has 18 heavy (non-hydrogen) atoms. The van der Waals surface area contributed by atoms with Crippen LogP contribution in [0.5, 0.6) is 0 Å². The molecule has 1 heterocycles. The largest absolute Gasteiger partial charge is 0.377 e. The Hall–Kier alpha value is -1.61. The molecule has 0 aliphatic rings. The molecule has 0 bridgehead atoms. The molecule has 2 N–H and O–H groups in total. The highest BCUT2D eigenvalue weighted by atomic mass is 15.1. The lowest BCUT2D eigenvalue weighted by Crippen LogP contribution is -2.10. The number of anilines is 1. The average Bonchev–Trinajstić information content (AvgIpc) is 2.34. The predicted molar refractivity (Wildman–Crippen MR) is 78.2 cm³/mol. The highest BCUT2D eigenvalue weighted by Crippen LogP contribution is 2.26. The Labute approximate surface area is 109 Å². The van der Waals surface area contributed by atoms with Gasteiger partial charge in [-0.05, 0) is 44.0 Å². The molecule has 3 heteroatoms. The second-order valence-corrected chi connectivity index (χ2v) is 4.92. The smallest absolute Gasteiger partial charge is 0.0728 e. The Morgan fingerprint density at radius 3 is 2.67 bits per heavy atom. The van der Waals surface area contributed by atoms with Crippen LogP contribution in [0.4, 0.5) is 5.69 Å². The Balaban J connectivity index is 2.50. The molecule has 1 aromatic heterocycles. The minimum Gasteiger partial charge on any atom is -0.377 e. The second kappa shape index (κ2) is 5.36. The minimum absolute atomic E-state index is 0.738. The Kier molecular flexibility index (Phi) is 3.82. The summed E-state index contributed by atoms with van der Waals surface area (Å²) < 4.78 is 0. The van der Waals surface area contributed by atoms with Crippen LogP contribution in [0.2, 0.25) is 0 Å². The first kappa shape index (κ1) is 12.8. The summed E-state index contributed by atoms with van der Waals surface area (Å²) in [5.41, 5.74) is 10.2. The maximum absolute atomic E-state index is 5.55.